The standard InChI is InChI=1S/C20H28N2O3/c1-5-11-24-18-9-8-16(12-19(18)23-4)13-22-10-6-7-17(22)20-14(2)21-25-15(20)3/h8-9,12,17H,5-7,10-11,13H2,1-4H3/t17-/m0/s1. The normalized spacial score (nSPS) is 17.8. The molecular weight excluding hydrogens is 316 g/mol. The molecule has 1 aromatic heterocycles. The summed E-state index contributed by atoms with van der Waals surface area (Å²) in [4.78, 5) is 2.51. The van der Waals surface area contributed by atoms with Crippen molar-refractivity contribution in [3.63, 3.8) is 0 Å². The van der Waals surface area contributed by atoms with E-state index in [4.69, 9.17) is 14.0 Å². The van der Waals surface area contributed by atoms with Gasteiger partial charge in [-0.3, -0.25) is 4.90 Å². The number of benzene rings is 1. The second-order valence-corrected chi connectivity index (χ2v) is 6.70. The number of likely N-dealkylation sites (tertiary alicyclic amines) is 1. The maximum absolute atomic E-state index is 5.75. The van der Waals surface area contributed by atoms with Crippen LogP contribution < -0.4 is 9.47 Å². The van der Waals surface area contributed by atoms with Crippen LogP contribution >= 0.6 is 0 Å². The number of methoxy groups -OCH3 is 1. The first-order valence-corrected chi connectivity index (χ1v) is 9.10. The number of hydrogen-bond acceptors (Lipinski definition) is 5. The van der Waals surface area contributed by atoms with Gasteiger partial charge in [0.05, 0.1) is 19.4 Å². The molecule has 0 aliphatic carbocycles. The molecule has 5 heteroatoms. The summed E-state index contributed by atoms with van der Waals surface area (Å²) in [5.74, 6) is 2.56. The minimum absolute atomic E-state index is 0.383. The van der Waals surface area contributed by atoms with Crippen molar-refractivity contribution >= 4 is 0 Å². The molecule has 0 bridgehead atoms. The van der Waals surface area contributed by atoms with Crippen LogP contribution in [-0.2, 0) is 6.54 Å². The zero-order chi connectivity index (χ0) is 17.8. The van der Waals surface area contributed by atoms with E-state index in [9.17, 15) is 0 Å². The lowest BCUT2D eigenvalue weighted by molar-refractivity contribution is 0.244. The van der Waals surface area contributed by atoms with Crippen LogP contribution in [0.15, 0.2) is 22.7 Å². The molecule has 0 unspecified atom stereocenters. The topological polar surface area (TPSA) is 47.7 Å². The van der Waals surface area contributed by atoms with E-state index in [0.29, 0.717) is 12.6 Å². The van der Waals surface area contributed by atoms with Crippen molar-refractivity contribution in [2.75, 3.05) is 20.3 Å². The molecule has 1 aliphatic rings. The summed E-state index contributed by atoms with van der Waals surface area (Å²) in [5.41, 5.74) is 3.50. The third-order valence-electron chi connectivity index (χ3n) is 4.86. The average molecular weight is 344 g/mol. The summed E-state index contributed by atoms with van der Waals surface area (Å²) in [6, 6.07) is 6.63. The lowest BCUT2D eigenvalue weighted by Gasteiger charge is -2.25. The van der Waals surface area contributed by atoms with Gasteiger partial charge in [0.25, 0.3) is 0 Å². The van der Waals surface area contributed by atoms with Gasteiger partial charge in [-0.25, -0.2) is 0 Å². The highest BCUT2D eigenvalue weighted by Gasteiger charge is 2.30. The maximum Gasteiger partial charge on any atom is 0.161 e. The second-order valence-electron chi connectivity index (χ2n) is 6.70. The van der Waals surface area contributed by atoms with E-state index in [1.165, 1.54) is 17.5 Å². The van der Waals surface area contributed by atoms with Crippen LogP contribution in [0.5, 0.6) is 11.5 Å². The van der Waals surface area contributed by atoms with Crippen LogP contribution in [0.25, 0.3) is 0 Å². The van der Waals surface area contributed by atoms with E-state index in [2.05, 4.69) is 29.1 Å². The number of aromatic nitrogens is 1. The summed E-state index contributed by atoms with van der Waals surface area (Å²) in [7, 11) is 1.69. The second kappa shape index (κ2) is 7.91. The summed E-state index contributed by atoms with van der Waals surface area (Å²) in [6.45, 7) is 8.82. The van der Waals surface area contributed by atoms with Gasteiger partial charge in [-0.2, -0.15) is 0 Å². The fourth-order valence-corrected chi connectivity index (χ4v) is 3.68. The van der Waals surface area contributed by atoms with Crippen LogP contribution in [0.2, 0.25) is 0 Å². The minimum atomic E-state index is 0.383. The van der Waals surface area contributed by atoms with Gasteiger partial charge in [-0.1, -0.05) is 18.1 Å². The van der Waals surface area contributed by atoms with Crippen LogP contribution in [0, 0.1) is 13.8 Å². The van der Waals surface area contributed by atoms with Crippen LogP contribution in [-0.4, -0.2) is 30.3 Å². The highest BCUT2D eigenvalue weighted by atomic mass is 16.5. The SMILES string of the molecule is CCCOc1ccc(CN2CCC[C@H]2c2c(C)noc2C)cc1OC. The molecule has 2 aromatic rings. The molecule has 25 heavy (non-hydrogen) atoms. The Morgan fingerprint density at radius 1 is 1.28 bits per heavy atom. The predicted octanol–water partition coefficient (Wildman–Crippen LogP) is 4.43. The molecule has 1 saturated heterocycles. The molecule has 1 atom stereocenters. The van der Waals surface area contributed by atoms with Crippen molar-refractivity contribution in [1.29, 1.82) is 0 Å². The van der Waals surface area contributed by atoms with Crippen molar-refractivity contribution in [2.24, 2.45) is 0 Å². The third kappa shape index (κ3) is 3.82. The molecule has 3 rings (SSSR count). The Kier molecular flexibility index (Phi) is 5.63. The Morgan fingerprint density at radius 2 is 2.12 bits per heavy atom. The fourth-order valence-electron chi connectivity index (χ4n) is 3.68. The first kappa shape index (κ1) is 17.8. The quantitative estimate of drug-likeness (QED) is 0.744. The van der Waals surface area contributed by atoms with Gasteiger partial charge < -0.3 is 14.0 Å². The molecule has 2 heterocycles. The molecule has 0 spiro atoms. The molecule has 0 radical (unpaired) electrons. The van der Waals surface area contributed by atoms with Crippen molar-refractivity contribution in [1.82, 2.24) is 10.1 Å². The number of hydrogen-bond donors (Lipinski definition) is 0. The first-order chi connectivity index (χ1) is 12.1. The Balaban J connectivity index is 1.77. The molecule has 0 saturated carbocycles. The highest BCUT2D eigenvalue weighted by molar-refractivity contribution is 5.43. The Labute approximate surface area is 149 Å². The van der Waals surface area contributed by atoms with Crippen molar-refractivity contribution < 1.29 is 14.0 Å². The van der Waals surface area contributed by atoms with Gasteiger partial charge in [0.1, 0.15) is 5.76 Å². The lowest BCUT2D eigenvalue weighted by atomic mass is 10.0. The molecule has 136 valence electrons. The van der Waals surface area contributed by atoms with Gasteiger partial charge >= 0.3 is 0 Å². The lowest BCUT2D eigenvalue weighted by Crippen LogP contribution is -2.23. The average Bonchev–Trinajstić information content (AvgIpc) is 3.19. The van der Waals surface area contributed by atoms with Crippen LogP contribution in [0.3, 0.4) is 0 Å². The minimum Gasteiger partial charge on any atom is -0.493 e. The van der Waals surface area contributed by atoms with Gasteiger partial charge in [-0.05, 0) is 57.4 Å². The van der Waals surface area contributed by atoms with Crippen molar-refractivity contribution in [3.8, 4) is 11.5 Å². The zero-order valence-corrected chi connectivity index (χ0v) is 15.7. The summed E-state index contributed by atoms with van der Waals surface area (Å²) in [6.07, 6.45) is 3.33. The first-order valence-electron chi connectivity index (χ1n) is 9.10. The number of rotatable bonds is 7. The summed E-state index contributed by atoms with van der Waals surface area (Å²) < 4.78 is 16.7. The molecule has 1 fully saturated rings. The van der Waals surface area contributed by atoms with Gasteiger partial charge in [0.15, 0.2) is 11.5 Å². The van der Waals surface area contributed by atoms with Crippen molar-refractivity contribution in [3.05, 3.63) is 40.8 Å². The van der Waals surface area contributed by atoms with E-state index < -0.39 is 0 Å². The van der Waals surface area contributed by atoms with Crippen LogP contribution in [0.1, 0.15) is 54.8 Å². The van der Waals surface area contributed by atoms with E-state index in [-0.39, 0.29) is 0 Å². The van der Waals surface area contributed by atoms with E-state index in [0.717, 1.165) is 48.9 Å². The maximum atomic E-state index is 5.75. The fraction of sp³-hybridized carbons (Fsp3) is 0.550. The monoisotopic (exact) mass is 344 g/mol. The summed E-state index contributed by atoms with van der Waals surface area (Å²) >= 11 is 0. The molecule has 1 aliphatic heterocycles. The molecule has 1 aromatic carbocycles. The van der Waals surface area contributed by atoms with Gasteiger partial charge in [0.2, 0.25) is 0 Å². The molecule has 0 N–H and O–H groups in total. The Morgan fingerprint density at radius 3 is 2.80 bits per heavy atom. The molecule has 5 nitrogen and oxygen atoms in total. The van der Waals surface area contributed by atoms with E-state index in [1.807, 2.05) is 19.9 Å². The Hall–Kier alpha value is -2.01. The summed E-state index contributed by atoms with van der Waals surface area (Å²) in [5, 5.41) is 4.13. The number of nitrogens with zero attached hydrogens (tertiary/aromatic N) is 2. The Bertz CT molecular complexity index is 691. The highest BCUT2D eigenvalue weighted by Crippen LogP contribution is 2.37. The predicted molar refractivity (Wildman–Crippen MR) is 97.1 cm³/mol. The number of ether oxygens (including phenoxy) is 2. The van der Waals surface area contributed by atoms with Gasteiger partial charge in [-0.15, -0.1) is 0 Å². The van der Waals surface area contributed by atoms with Crippen molar-refractivity contribution in [2.45, 2.75) is 52.6 Å². The van der Waals surface area contributed by atoms with E-state index >= 15 is 0 Å². The van der Waals surface area contributed by atoms with Gasteiger partial charge in [0, 0.05) is 18.2 Å². The van der Waals surface area contributed by atoms with E-state index in [1.54, 1.807) is 7.11 Å². The largest absolute Gasteiger partial charge is 0.493 e. The third-order valence-corrected chi connectivity index (χ3v) is 4.86. The molecular formula is C20H28N2O3. The van der Waals surface area contributed by atoms with Crippen LogP contribution in [0.4, 0.5) is 0 Å². The zero-order valence-electron chi connectivity index (χ0n) is 15.7. The molecule has 0 amide bonds. The smallest absolute Gasteiger partial charge is 0.161 e. The number of aryl methyl sites for hydroxylation is 2.